The summed E-state index contributed by atoms with van der Waals surface area (Å²) in [4.78, 5) is 29.6. The van der Waals surface area contributed by atoms with Crippen LogP contribution in [-0.4, -0.2) is 65.1 Å². The predicted octanol–water partition coefficient (Wildman–Crippen LogP) is 2.81. The van der Waals surface area contributed by atoms with E-state index < -0.39 is 0 Å². The quantitative estimate of drug-likeness (QED) is 0.470. The smallest absolute Gasteiger partial charge is 0.287 e. The Bertz CT molecular complexity index is 1320. The number of aryl methyl sites for hydroxylation is 2. The molecule has 3 aliphatic rings. The molecule has 2 N–H and O–H groups in total. The highest BCUT2D eigenvalue weighted by atomic mass is 16.5. The Morgan fingerprint density at radius 3 is 2.42 bits per heavy atom. The highest BCUT2D eigenvalue weighted by Crippen LogP contribution is 2.38. The van der Waals surface area contributed by atoms with Gasteiger partial charge in [0.25, 0.3) is 11.8 Å². The van der Waals surface area contributed by atoms with Gasteiger partial charge in [-0.25, -0.2) is 0 Å². The molecule has 1 aliphatic carbocycles. The van der Waals surface area contributed by atoms with E-state index >= 15 is 0 Å². The molecule has 0 bridgehead atoms. The van der Waals surface area contributed by atoms with Gasteiger partial charge in [-0.1, -0.05) is 6.07 Å². The maximum absolute atomic E-state index is 12.9. The van der Waals surface area contributed by atoms with E-state index in [0.29, 0.717) is 31.1 Å². The van der Waals surface area contributed by atoms with Crippen molar-refractivity contribution in [3.8, 4) is 11.3 Å². The normalized spacial score (nSPS) is 20.2. The van der Waals surface area contributed by atoms with Gasteiger partial charge in [-0.15, -0.1) is 0 Å². The zero-order chi connectivity index (χ0) is 26.1. The highest BCUT2D eigenvalue weighted by molar-refractivity contribution is 5.95. The Labute approximate surface area is 221 Å². The van der Waals surface area contributed by atoms with Gasteiger partial charge in [-0.2, -0.15) is 5.10 Å². The van der Waals surface area contributed by atoms with Crippen LogP contribution in [0.4, 0.5) is 0 Å². The number of carbonyl (C=O) groups excluding carboxylic acids is 2. The first-order valence-corrected chi connectivity index (χ1v) is 13.5. The first-order valence-electron chi connectivity index (χ1n) is 13.5. The van der Waals surface area contributed by atoms with Gasteiger partial charge in [-0.3, -0.25) is 19.3 Å². The van der Waals surface area contributed by atoms with Crippen molar-refractivity contribution in [3.05, 3.63) is 58.4 Å². The number of hydrogen-bond donors (Lipinski definition) is 2. The van der Waals surface area contributed by atoms with Gasteiger partial charge in [0, 0.05) is 56.2 Å². The number of nitrogens with zero attached hydrogens (tertiary/aromatic N) is 3. The van der Waals surface area contributed by atoms with E-state index in [1.165, 1.54) is 0 Å². The number of amides is 2. The Morgan fingerprint density at radius 1 is 1.03 bits per heavy atom. The number of nitrogens with one attached hydrogen (secondary N) is 2. The number of furan rings is 1. The summed E-state index contributed by atoms with van der Waals surface area (Å²) < 4.78 is 19.1. The second-order valence-electron chi connectivity index (χ2n) is 10.3. The molecule has 3 aromatic rings. The van der Waals surface area contributed by atoms with E-state index in [0.717, 1.165) is 85.4 Å². The molecule has 10 heteroatoms. The fourth-order valence-electron chi connectivity index (χ4n) is 5.49. The third-order valence-electron chi connectivity index (χ3n) is 7.55. The minimum atomic E-state index is -0.209. The third kappa shape index (κ3) is 5.10. The van der Waals surface area contributed by atoms with E-state index in [1.54, 1.807) is 12.3 Å². The van der Waals surface area contributed by atoms with Gasteiger partial charge in [0.2, 0.25) is 0 Å². The molecule has 2 fully saturated rings. The van der Waals surface area contributed by atoms with Gasteiger partial charge in [0.05, 0.1) is 24.4 Å². The van der Waals surface area contributed by atoms with Crippen LogP contribution in [0.3, 0.4) is 0 Å². The lowest BCUT2D eigenvalue weighted by Gasteiger charge is -2.10. The zero-order valence-electron chi connectivity index (χ0n) is 21.6. The summed E-state index contributed by atoms with van der Waals surface area (Å²) in [5.41, 5.74) is 5.06. The fraction of sp³-hybridized carbons (Fsp3) is 0.500. The lowest BCUT2D eigenvalue weighted by atomic mass is 9.93. The molecule has 0 unspecified atom stereocenters. The average molecular weight is 520 g/mol. The average Bonchev–Trinajstić information content (AvgIpc) is 3.73. The van der Waals surface area contributed by atoms with Crippen LogP contribution in [0.25, 0.3) is 11.3 Å². The number of ether oxygens (including phenoxy) is 2. The monoisotopic (exact) mass is 519 g/mol. The molecule has 0 saturated carbocycles. The van der Waals surface area contributed by atoms with Crippen molar-refractivity contribution >= 4 is 11.8 Å². The predicted molar refractivity (Wildman–Crippen MR) is 138 cm³/mol. The van der Waals surface area contributed by atoms with Crippen LogP contribution in [0, 0.1) is 6.92 Å². The van der Waals surface area contributed by atoms with E-state index in [9.17, 15) is 9.59 Å². The van der Waals surface area contributed by atoms with Crippen molar-refractivity contribution < 1.29 is 23.5 Å². The lowest BCUT2D eigenvalue weighted by Crippen LogP contribution is -2.32. The molecule has 2 atom stereocenters. The molecule has 0 spiro atoms. The van der Waals surface area contributed by atoms with E-state index in [-0.39, 0.29) is 24.0 Å². The van der Waals surface area contributed by atoms with E-state index in [2.05, 4.69) is 15.6 Å². The van der Waals surface area contributed by atoms with Crippen molar-refractivity contribution in [2.45, 2.75) is 64.2 Å². The van der Waals surface area contributed by atoms with Crippen LogP contribution in [0.15, 0.2) is 28.9 Å². The lowest BCUT2D eigenvalue weighted by molar-refractivity contribution is 0.0832. The summed E-state index contributed by atoms with van der Waals surface area (Å²) in [7, 11) is 0. The van der Waals surface area contributed by atoms with Gasteiger partial charge in [0.1, 0.15) is 11.5 Å². The molecule has 5 heterocycles. The van der Waals surface area contributed by atoms with Crippen LogP contribution in [0.5, 0.6) is 0 Å². The van der Waals surface area contributed by atoms with Crippen LogP contribution < -0.4 is 10.6 Å². The summed E-state index contributed by atoms with van der Waals surface area (Å²) in [5.74, 6) is 0.759. The number of hydrogen-bond acceptors (Lipinski definition) is 7. The van der Waals surface area contributed by atoms with Crippen LogP contribution in [-0.2, 0) is 28.9 Å². The van der Waals surface area contributed by atoms with Gasteiger partial charge in [-0.05, 0) is 56.2 Å². The standard InChI is InChI=1S/C28H33N5O5/c1-17-24-23(38-26(17)28(35)31-14-21-5-3-11-37-21)9-7-19-16-33(32-25(19)24)15-18-6-8-22(29-12-18)27(34)30-13-20-4-2-10-36-20/h6,8,12,16,20-21H,2-5,7,9-11,13-15H2,1H3,(H,30,34)(H,31,35)/t20-,21-/m0/s1. The van der Waals surface area contributed by atoms with Gasteiger partial charge in [0.15, 0.2) is 5.76 Å². The largest absolute Gasteiger partial charge is 0.455 e. The van der Waals surface area contributed by atoms with Gasteiger partial charge >= 0.3 is 0 Å². The summed E-state index contributed by atoms with van der Waals surface area (Å²) in [6.07, 6.45) is 9.48. The number of carbonyl (C=O) groups is 2. The molecule has 200 valence electrons. The van der Waals surface area contributed by atoms with Crippen molar-refractivity contribution in [3.63, 3.8) is 0 Å². The summed E-state index contributed by atoms with van der Waals surface area (Å²) in [5, 5.41) is 10.7. The topological polar surface area (TPSA) is 121 Å². The third-order valence-corrected chi connectivity index (χ3v) is 7.55. The Morgan fingerprint density at radius 2 is 1.76 bits per heavy atom. The first-order chi connectivity index (χ1) is 18.5. The molecule has 38 heavy (non-hydrogen) atoms. The molecule has 0 radical (unpaired) electrons. The number of pyridine rings is 1. The first kappa shape index (κ1) is 24.8. The molecule has 2 amide bonds. The fourth-order valence-corrected chi connectivity index (χ4v) is 5.49. The summed E-state index contributed by atoms with van der Waals surface area (Å²) in [6.45, 7) is 4.97. The SMILES string of the molecule is Cc1c(C(=O)NC[C@@H]2CCCO2)oc2c1-c1nn(Cc3ccc(C(=O)NC[C@@H]4CCCO4)nc3)cc1CC2. The molecular formula is C28H33N5O5. The minimum absolute atomic E-state index is 0.0793. The van der Waals surface area contributed by atoms with Crippen LogP contribution >= 0.6 is 0 Å². The van der Waals surface area contributed by atoms with Crippen molar-refractivity contribution in [1.29, 1.82) is 0 Å². The Kier molecular flexibility index (Phi) is 6.99. The number of rotatable bonds is 8. The number of fused-ring (bicyclic) bond motifs is 3. The van der Waals surface area contributed by atoms with Crippen molar-refractivity contribution in [1.82, 2.24) is 25.4 Å². The van der Waals surface area contributed by atoms with Crippen LogP contribution in [0.2, 0.25) is 0 Å². The van der Waals surface area contributed by atoms with E-state index in [1.807, 2.05) is 23.9 Å². The van der Waals surface area contributed by atoms with E-state index in [4.69, 9.17) is 19.0 Å². The molecule has 10 nitrogen and oxygen atoms in total. The molecule has 6 rings (SSSR count). The van der Waals surface area contributed by atoms with Crippen molar-refractivity contribution in [2.24, 2.45) is 0 Å². The minimum Gasteiger partial charge on any atom is -0.455 e. The molecule has 2 aliphatic heterocycles. The van der Waals surface area contributed by atoms with Gasteiger partial charge < -0.3 is 24.5 Å². The second kappa shape index (κ2) is 10.7. The molecule has 2 saturated heterocycles. The number of aromatic nitrogens is 3. The Hall–Kier alpha value is -3.50. The molecule has 3 aromatic heterocycles. The maximum atomic E-state index is 12.9. The maximum Gasteiger partial charge on any atom is 0.287 e. The van der Waals surface area contributed by atoms with Crippen LogP contribution in [0.1, 0.15) is 69.2 Å². The summed E-state index contributed by atoms with van der Waals surface area (Å²) >= 11 is 0. The second-order valence-corrected chi connectivity index (χ2v) is 10.3. The molecule has 0 aromatic carbocycles. The Balaban J connectivity index is 1.11. The zero-order valence-corrected chi connectivity index (χ0v) is 21.6. The summed E-state index contributed by atoms with van der Waals surface area (Å²) in [6, 6.07) is 3.64. The highest BCUT2D eigenvalue weighted by Gasteiger charge is 2.30. The van der Waals surface area contributed by atoms with Crippen molar-refractivity contribution in [2.75, 3.05) is 26.3 Å². The molecular weight excluding hydrogens is 486 g/mol.